The molecular formula is C16H27ClN2O. The van der Waals surface area contributed by atoms with Crippen LogP contribution in [-0.4, -0.2) is 20.5 Å². The number of aliphatic hydroxyl groups is 1. The summed E-state index contributed by atoms with van der Waals surface area (Å²) in [5.74, 6) is 1.25. The van der Waals surface area contributed by atoms with Crippen molar-refractivity contribution in [1.82, 2.24) is 9.78 Å². The van der Waals surface area contributed by atoms with Gasteiger partial charge in [0.05, 0.1) is 22.0 Å². The van der Waals surface area contributed by atoms with E-state index in [9.17, 15) is 5.11 Å². The summed E-state index contributed by atoms with van der Waals surface area (Å²) in [7, 11) is 1.92. The Kier molecular flexibility index (Phi) is 4.80. The SMILES string of the molecule is CCc1nn(C)c(CC2(O)CCCC(C(C)C)C2)c1Cl. The first-order chi connectivity index (χ1) is 9.36. The summed E-state index contributed by atoms with van der Waals surface area (Å²) in [4.78, 5) is 0. The first-order valence-corrected chi connectivity index (χ1v) is 8.16. The third-order valence-corrected chi connectivity index (χ3v) is 5.24. The van der Waals surface area contributed by atoms with Gasteiger partial charge < -0.3 is 5.11 Å². The van der Waals surface area contributed by atoms with Gasteiger partial charge in [0.2, 0.25) is 0 Å². The third kappa shape index (κ3) is 3.20. The number of halogens is 1. The zero-order valence-corrected chi connectivity index (χ0v) is 13.9. The van der Waals surface area contributed by atoms with Crippen molar-refractivity contribution in [1.29, 1.82) is 0 Å². The second-order valence-corrected chi connectivity index (χ2v) is 7.06. The molecule has 4 heteroatoms. The van der Waals surface area contributed by atoms with E-state index in [1.165, 1.54) is 6.42 Å². The standard InChI is InChI=1S/C16H27ClN2O/c1-5-13-15(17)14(19(4)18-13)10-16(20)8-6-7-12(9-16)11(2)3/h11-12,20H,5-10H2,1-4H3. The van der Waals surface area contributed by atoms with Crippen LogP contribution in [0.25, 0.3) is 0 Å². The fourth-order valence-electron chi connectivity index (χ4n) is 3.44. The zero-order valence-electron chi connectivity index (χ0n) is 13.1. The van der Waals surface area contributed by atoms with E-state index in [0.717, 1.165) is 42.1 Å². The van der Waals surface area contributed by atoms with Crippen LogP contribution in [0.15, 0.2) is 0 Å². The Balaban J connectivity index is 2.18. The summed E-state index contributed by atoms with van der Waals surface area (Å²) in [5, 5.41) is 16.2. The van der Waals surface area contributed by atoms with Gasteiger partial charge in [0.1, 0.15) is 0 Å². The van der Waals surface area contributed by atoms with E-state index in [0.29, 0.717) is 18.3 Å². The van der Waals surface area contributed by atoms with Crippen molar-refractivity contribution in [2.45, 2.75) is 64.9 Å². The number of hydrogen-bond acceptors (Lipinski definition) is 2. The minimum Gasteiger partial charge on any atom is -0.389 e. The van der Waals surface area contributed by atoms with Crippen LogP contribution in [0.3, 0.4) is 0 Å². The highest BCUT2D eigenvalue weighted by atomic mass is 35.5. The third-order valence-electron chi connectivity index (χ3n) is 4.80. The molecule has 2 rings (SSSR count). The van der Waals surface area contributed by atoms with Crippen molar-refractivity contribution >= 4 is 11.6 Å². The Hall–Kier alpha value is -0.540. The number of aryl methyl sites for hydroxylation is 2. The summed E-state index contributed by atoms with van der Waals surface area (Å²) >= 11 is 6.42. The minimum atomic E-state index is -0.615. The van der Waals surface area contributed by atoms with Crippen molar-refractivity contribution in [3.63, 3.8) is 0 Å². The van der Waals surface area contributed by atoms with E-state index in [-0.39, 0.29) is 0 Å². The Morgan fingerprint density at radius 1 is 1.50 bits per heavy atom. The number of hydrogen-bond donors (Lipinski definition) is 1. The van der Waals surface area contributed by atoms with Gasteiger partial charge in [-0.2, -0.15) is 5.10 Å². The Bertz CT molecular complexity index is 469. The topological polar surface area (TPSA) is 38.0 Å². The molecule has 1 N–H and O–H groups in total. The van der Waals surface area contributed by atoms with Crippen LogP contribution in [0.4, 0.5) is 0 Å². The van der Waals surface area contributed by atoms with Crippen molar-refractivity contribution in [2.75, 3.05) is 0 Å². The molecule has 2 atom stereocenters. The lowest BCUT2D eigenvalue weighted by Gasteiger charge is -2.38. The molecule has 1 aromatic rings. The molecule has 1 saturated carbocycles. The van der Waals surface area contributed by atoms with Gasteiger partial charge in [0.15, 0.2) is 0 Å². The maximum atomic E-state index is 11.0. The van der Waals surface area contributed by atoms with E-state index < -0.39 is 5.60 Å². The fourth-order valence-corrected chi connectivity index (χ4v) is 3.80. The van der Waals surface area contributed by atoms with Crippen LogP contribution in [-0.2, 0) is 19.9 Å². The monoisotopic (exact) mass is 298 g/mol. The summed E-state index contributed by atoms with van der Waals surface area (Å²) in [6, 6.07) is 0. The zero-order chi connectivity index (χ0) is 14.9. The van der Waals surface area contributed by atoms with Crippen molar-refractivity contribution in [3.05, 3.63) is 16.4 Å². The maximum Gasteiger partial charge on any atom is 0.0850 e. The largest absolute Gasteiger partial charge is 0.389 e. The molecule has 0 aliphatic heterocycles. The van der Waals surface area contributed by atoms with Crippen LogP contribution in [0.1, 0.15) is 57.8 Å². The Morgan fingerprint density at radius 2 is 2.20 bits per heavy atom. The van der Waals surface area contributed by atoms with Gasteiger partial charge >= 0.3 is 0 Å². The van der Waals surface area contributed by atoms with Crippen LogP contribution >= 0.6 is 11.6 Å². The molecule has 0 radical (unpaired) electrons. The van der Waals surface area contributed by atoms with Crippen LogP contribution < -0.4 is 0 Å². The molecule has 0 saturated heterocycles. The molecule has 20 heavy (non-hydrogen) atoms. The Morgan fingerprint density at radius 3 is 2.75 bits per heavy atom. The Labute approximate surface area is 127 Å². The molecule has 0 aromatic carbocycles. The van der Waals surface area contributed by atoms with Crippen LogP contribution in [0.2, 0.25) is 5.02 Å². The van der Waals surface area contributed by atoms with E-state index >= 15 is 0 Å². The van der Waals surface area contributed by atoms with Gasteiger partial charge in [0.25, 0.3) is 0 Å². The molecule has 1 aromatic heterocycles. The first-order valence-electron chi connectivity index (χ1n) is 7.79. The highest BCUT2D eigenvalue weighted by molar-refractivity contribution is 6.31. The maximum absolute atomic E-state index is 11.0. The van der Waals surface area contributed by atoms with E-state index in [1.54, 1.807) is 0 Å². The molecule has 3 nitrogen and oxygen atoms in total. The van der Waals surface area contributed by atoms with Gasteiger partial charge in [-0.05, 0) is 37.5 Å². The van der Waals surface area contributed by atoms with Crippen LogP contribution in [0.5, 0.6) is 0 Å². The molecule has 0 amide bonds. The normalized spacial score (nSPS) is 27.2. The number of nitrogens with zero attached hydrogens (tertiary/aromatic N) is 2. The second-order valence-electron chi connectivity index (χ2n) is 6.69. The summed E-state index contributed by atoms with van der Waals surface area (Å²) in [6.45, 7) is 6.56. The van der Waals surface area contributed by atoms with Crippen molar-refractivity contribution in [2.24, 2.45) is 18.9 Å². The average Bonchev–Trinajstić information content (AvgIpc) is 2.66. The average molecular weight is 299 g/mol. The lowest BCUT2D eigenvalue weighted by molar-refractivity contribution is -0.0252. The summed E-state index contributed by atoms with van der Waals surface area (Å²) in [5.41, 5.74) is 1.30. The highest BCUT2D eigenvalue weighted by Crippen LogP contribution is 2.39. The molecule has 1 aliphatic rings. The quantitative estimate of drug-likeness (QED) is 0.919. The van der Waals surface area contributed by atoms with E-state index in [2.05, 4.69) is 25.9 Å². The predicted octanol–water partition coefficient (Wildman–Crippen LogP) is 3.76. The molecule has 1 fully saturated rings. The number of aromatic nitrogens is 2. The van der Waals surface area contributed by atoms with Gasteiger partial charge in [-0.25, -0.2) is 0 Å². The van der Waals surface area contributed by atoms with Gasteiger partial charge in [0, 0.05) is 13.5 Å². The molecule has 0 spiro atoms. The molecule has 114 valence electrons. The number of rotatable bonds is 4. The van der Waals surface area contributed by atoms with Crippen molar-refractivity contribution in [3.8, 4) is 0 Å². The molecular weight excluding hydrogens is 272 g/mol. The predicted molar refractivity (Wildman–Crippen MR) is 83.0 cm³/mol. The molecule has 1 aliphatic carbocycles. The van der Waals surface area contributed by atoms with Crippen molar-refractivity contribution < 1.29 is 5.11 Å². The summed E-state index contributed by atoms with van der Waals surface area (Å²) < 4.78 is 1.85. The first kappa shape index (κ1) is 15.8. The van der Waals surface area contributed by atoms with Gasteiger partial charge in [-0.3, -0.25) is 4.68 Å². The lowest BCUT2D eigenvalue weighted by Crippen LogP contribution is -2.39. The van der Waals surface area contributed by atoms with Crippen LogP contribution in [0, 0.1) is 11.8 Å². The van der Waals surface area contributed by atoms with E-state index in [4.69, 9.17) is 11.6 Å². The second kappa shape index (κ2) is 6.07. The lowest BCUT2D eigenvalue weighted by atomic mass is 9.72. The fraction of sp³-hybridized carbons (Fsp3) is 0.812. The minimum absolute atomic E-state index is 0.615. The smallest absolute Gasteiger partial charge is 0.0850 e. The molecule has 1 heterocycles. The van der Waals surface area contributed by atoms with Gasteiger partial charge in [-0.15, -0.1) is 0 Å². The highest BCUT2D eigenvalue weighted by Gasteiger charge is 2.37. The summed E-state index contributed by atoms with van der Waals surface area (Å²) in [6.07, 6.45) is 5.56. The molecule has 0 bridgehead atoms. The van der Waals surface area contributed by atoms with Gasteiger partial charge in [-0.1, -0.05) is 38.8 Å². The van der Waals surface area contributed by atoms with E-state index in [1.807, 2.05) is 11.7 Å². The molecule has 2 unspecified atom stereocenters.